The van der Waals surface area contributed by atoms with Gasteiger partial charge in [0.1, 0.15) is 0 Å². The van der Waals surface area contributed by atoms with E-state index in [9.17, 15) is 4.79 Å². The van der Waals surface area contributed by atoms with Crippen molar-refractivity contribution in [3.63, 3.8) is 0 Å². The Labute approximate surface area is 98.4 Å². The van der Waals surface area contributed by atoms with Crippen molar-refractivity contribution in [3.05, 3.63) is 0 Å². The van der Waals surface area contributed by atoms with Crippen LogP contribution >= 0.6 is 0 Å². The minimum Gasteiger partial charge on any atom is -0.355 e. The van der Waals surface area contributed by atoms with Gasteiger partial charge in [-0.2, -0.15) is 0 Å². The first-order chi connectivity index (χ1) is 7.75. The zero-order valence-electron chi connectivity index (χ0n) is 10.3. The highest BCUT2D eigenvalue weighted by atomic mass is 16.1. The highest BCUT2D eigenvalue weighted by Gasteiger charge is 2.23. The molecule has 2 rings (SSSR count). The molecule has 2 aliphatic rings. The monoisotopic (exact) mass is 224 g/mol. The Balaban J connectivity index is 1.55. The van der Waals surface area contributed by atoms with Gasteiger partial charge in [0.25, 0.3) is 0 Å². The highest BCUT2D eigenvalue weighted by Crippen LogP contribution is 2.28. The molecule has 1 amide bonds. The lowest BCUT2D eigenvalue weighted by Crippen LogP contribution is -2.41. The van der Waals surface area contributed by atoms with Crippen LogP contribution in [0.3, 0.4) is 0 Å². The van der Waals surface area contributed by atoms with E-state index in [2.05, 4.69) is 17.6 Å². The average molecular weight is 224 g/mol. The van der Waals surface area contributed by atoms with Crippen LogP contribution < -0.4 is 10.6 Å². The molecule has 0 aromatic rings. The van der Waals surface area contributed by atoms with Crippen molar-refractivity contribution in [3.8, 4) is 0 Å². The third kappa shape index (κ3) is 3.78. The van der Waals surface area contributed by atoms with Gasteiger partial charge in [-0.3, -0.25) is 4.79 Å². The number of amides is 1. The van der Waals surface area contributed by atoms with Gasteiger partial charge in [-0.15, -0.1) is 0 Å². The Kier molecular flexibility index (Phi) is 4.22. The van der Waals surface area contributed by atoms with Crippen molar-refractivity contribution in [2.24, 2.45) is 11.8 Å². The van der Waals surface area contributed by atoms with Crippen LogP contribution in [0.25, 0.3) is 0 Å². The second-order valence-corrected chi connectivity index (χ2v) is 5.46. The van der Waals surface area contributed by atoms with Crippen molar-refractivity contribution in [2.75, 3.05) is 13.1 Å². The summed E-state index contributed by atoms with van der Waals surface area (Å²) in [7, 11) is 0. The van der Waals surface area contributed by atoms with Crippen LogP contribution in [0, 0.1) is 11.8 Å². The molecule has 1 unspecified atom stereocenters. The summed E-state index contributed by atoms with van der Waals surface area (Å²) in [5, 5.41) is 6.35. The molecular formula is C13H24N2O. The molecule has 0 aromatic carbocycles. The predicted molar refractivity (Wildman–Crippen MR) is 65.2 cm³/mol. The lowest BCUT2D eigenvalue weighted by atomic mass is 10.00. The fourth-order valence-electron chi connectivity index (χ4n) is 2.52. The van der Waals surface area contributed by atoms with Gasteiger partial charge in [0.15, 0.2) is 0 Å². The summed E-state index contributed by atoms with van der Waals surface area (Å²) in [4.78, 5) is 11.5. The van der Waals surface area contributed by atoms with E-state index in [4.69, 9.17) is 0 Å². The molecule has 0 aliphatic heterocycles. The van der Waals surface area contributed by atoms with Crippen LogP contribution in [0.2, 0.25) is 0 Å². The molecule has 1 atom stereocenters. The number of carbonyl (C=O) groups excluding carboxylic acids is 1. The fourth-order valence-corrected chi connectivity index (χ4v) is 2.52. The van der Waals surface area contributed by atoms with Gasteiger partial charge in [0, 0.05) is 12.6 Å². The van der Waals surface area contributed by atoms with Crippen LogP contribution in [0.5, 0.6) is 0 Å². The van der Waals surface area contributed by atoms with Crippen molar-refractivity contribution >= 4 is 5.91 Å². The van der Waals surface area contributed by atoms with Gasteiger partial charge < -0.3 is 10.6 Å². The minimum absolute atomic E-state index is 0.164. The van der Waals surface area contributed by atoms with Gasteiger partial charge >= 0.3 is 0 Å². The minimum atomic E-state index is 0.164. The van der Waals surface area contributed by atoms with E-state index in [0.717, 1.165) is 18.4 Å². The number of carbonyl (C=O) groups is 1. The number of hydrogen-bond acceptors (Lipinski definition) is 2. The predicted octanol–water partition coefficient (Wildman–Crippen LogP) is 1.68. The van der Waals surface area contributed by atoms with Crippen molar-refractivity contribution in [2.45, 2.75) is 51.5 Å². The molecule has 2 saturated carbocycles. The van der Waals surface area contributed by atoms with E-state index >= 15 is 0 Å². The summed E-state index contributed by atoms with van der Waals surface area (Å²) >= 11 is 0. The van der Waals surface area contributed by atoms with Crippen LogP contribution in [0.15, 0.2) is 0 Å². The summed E-state index contributed by atoms with van der Waals surface area (Å²) < 4.78 is 0. The number of nitrogens with one attached hydrogen (secondary N) is 2. The van der Waals surface area contributed by atoms with Crippen molar-refractivity contribution in [1.82, 2.24) is 10.6 Å². The molecule has 0 bridgehead atoms. The molecule has 92 valence electrons. The normalized spacial score (nSPS) is 23.3. The van der Waals surface area contributed by atoms with Crippen LogP contribution in [-0.4, -0.2) is 25.0 Å². The third-order valence-corrected chi connectivity index (χ3v) is 3.98. The van der Waals surface area contributed by atoms with E-state index < -0.39 is 0 Å². The molecule has 3 nitrogen and oxygen atoms in total. The summed E-state index contributed by atoms with van der Waals surface area (Å²) in [6.07, 6.45) is 7.99. The SMILES string of the molecule is CC(NCC(=O)NCC1CC1)C1CCCC1. The fraction of sp³-hybridized carbons (Fsp3) is 0.923. The maximum absolute atomic E-state index is 11.5. The zero-order chi connectivity index (χ0) is 11.4. The molecule has 2 N–H and O–H groups in total. The molecule has 0 aromatic heterocycles. The van der Waals surface area contributed by atoms with Gasteiger partial charge in [-0.1, -0.05) is 12.8 Å². The summed E-state index contributed by atoms with van der Waals surface area (Å²) in [5.41, 5.74) is 0. The lowest BCUT2D eigenvalue weighted by Gasteiger charge is -2.20. The highest BCUT2D eigenvalue weighted by molar-refractivity contribution is 5.78. The second-order valence-electron chi connectivity index (χ2n) is 5.46. The van der Waals surface area contributed by atoms with E-state index in [-0.39, 0.29) is 5.91 Å². The first-order valence-corrected chi connectivity index (χ1v) is 6.76. The quantitative estimate of drug-likeness (QED) is 0.721. The Hall–Kier alpha value is -0.570. The number of rotatable bonds is 6. The topological polar surface area (TPSA) is 41.1 Å². The van der Waals surface area contributed by atoms with Gasteiger partial charge in [-0.25, -0.2) is 0 Å². The van der Waals surface area contributed by atoms with E-state index in [1.807, 2.05) is 0 Å². The molecule has 16 heavy (non-hydrogen) atoms. The number of hydrogen-bond donors (Lipinski definition) is 2. The first kappa shape index (κ1) is 11.9. The van der Waals surface area contributed by atoms with E-state index in [1.165, 1.54) is 38.5 Å². The maximum atomic E-state index is 11.5. The zero-order valence-corrected chi connectivity index (χ0v) is 10.3. The van der Waals surface area contributed by atoms with Crippen molar-refractivity contribution in [1.29, 1.82) is 0 Å². The second kappa shape index (κ2) is 5.67. The average Bonchev–Trinajstić information content (AvgIpc) is 2.95. The first-order valence-electron chi connectivity index (χ1n) is 6.76. The van der Waals surface area contributed by atoms with Crippen LogP contribution in [-0.2, 0) is 4.79 Å². The summed E-state index contributed by atoms with van der Waals surface area (Å²) in [5.74, 6) is 1.73. The molecule has 2 fully saturated rings. The molecule has 3 heteroatoms. The standard InChI is InChI=1S/C13H24N2O/c1-10(12-4-2-3-5-12)14-9-13(16)15-8-11-6-7-11/h10-12,14H,2-9H2,1H3,(H,15,16). The molecule has 0 radical (unpaired) electrons. The van der Waals surface area contributed by atoms with Crippen molar-refractivity contribution < 1.29 is 4.79 Å². The Morgan fingerprint density at radius 1 is 1.25 bits per heavy atom. The Morgan fingerprint density at radius 3 is 2.56 bits per heavy atom. The molecular weight excluding hydrogens is 200 g/mol. The summed E-state index contributed by atoms with van der Waals surface area (Å²) in [6, 6.07) is 0.495. The van der Waals surface area contributed by atoms with E-state index in [1.54, 1.807) is 0 Å². The Bertz CT molecular complexity index is 232. The maximum Gasteiger partial charge on any atom is 0.233 e. The summed E-state index contributed by atoms with van der Waals surface area (Å²) in [6.45, 7) is 3.59. The molecule has 2 aliphatic carbocycles. The molecule has 0 heterocycles. The van der Waals surface area contributed by atoms with Gasteiger partial charge in [-0.05, 0) is 44.4 Å². The largest absolute Gasteiger partial charge is 0.355 e. The van der Waals surface area contributed by atoms with Crippen LogP contribution in [0.4, 0.5) is 0 Å². The van der Waals surface area contributed by atoms with Crippen LogP contribution in [0.1, 0.15) is 45.4 Å². The Morgan fingerprint density at radius 2 is 1.94 bits per heavy atom. The third-order valence-electron chi connectivity index (χ3n) is 3.98. The van der Waals surface area contributed by atoms with E-state index in [0.29, 0.717) is 12.6 Å². The van der Waals surface area contributed by atoms with Gasteiger partial charge in [0.2, 0.25) is 5.91 Å². The molecule has 0 saturated heterocycles. The smallest absolute Gasteiger partial charge is 0.233 e. The lowest BCUT2D eigenvalue weighted by molar-refractivity contribution is -0.120. The molecule has 0 spiro atoms. The van der Waals surface area contributed by atoms with Gasteiger partial charge in [0.05, 0.1) is 6.54 Å².